The molecule has 0 aliphatic carbocycles. The summed E-state index contributed by atoms with van der Waals surface area (Å²) in [5.41, 5.74) is 4.33. The van der Waals surface area contributed by atoms with Gasteiger partial charge >= 0.3 is 0 Å². The second-order valence-corrected chi connectivity index (χ2v) is 6.41. The Morgan fingerprint density at radius 2 is 1.92 bits per heavy atom. The van der Waals surface area contributed by atoms with E-state index in [0.717, 1.165) is 38.7 Å². The SMILES string of the molecule is Clc1ccc(-c2[nH]c3cc4c(cc3c2Cn2ccnc2)OCO4)cc1. The number of imidazole rings is 1. The average Bonchev–Trinajstić information content (AvgIpc) is 3.35. The highest BCUT2D eigenvalue weighted by atomic mass is 35.5. The van der Waals surface area contributed by atoms with Crippen LogP contribution in [-0.4, -0.2) is 21.3 Å². The highest BCUT2D eigenvalue weighted by Crippen LogP contribution is 2.40. The fourth-order valence-corrected chi connectivity index (χ4v) is 3.36. The van der Waals surface area contributed by atoms with Gasteiger partial charge in [0.2, 0.25) is 6.79 Å². The van der Waals surface area contributed by atoms with Crippen LogP contribution in [0.25, 0.3) is 22.2 Å². The van der Waals surface area contributed by atoms with Crippen LogP contribution >= 0.6 is 11.6 Å². The van der Waals surface area contributed by atoms with Gasteiger partial charge < -0.3 is 19.0 Å². The third kappa shape index (κ3) is 2.44. The van der Waals surface area contributed by atoms with Crippen LogP contribution in [0.5, 0.6) is 11.5 Å². The summed E-state index contributed by atoms with van der Waals surface area (Å²) in [6.45, 7) is 0.973. The standard InChI is InChI=1S/C19H14ClN3O2/c20-13-3-1-12(2-4-13)19-15(9-23-6-5-21-10-23)14-7-17-18(25-11-24-17)8-16(14)22-19/h1-8,10,22H,9,11H2. The van der Waals surface area contributed by atoms with Gasteiger partial charge in [0.25, 0.3) is 0 Å². The van der Waals surface area contributed by atoms with Gasteiger partial charge in [0.05, 0.1) is 24.1 Å². The van der Waals surface area contributed by atoms with E-state index in [4.69, 9.17) is 21.1 Å². The monoisotopic (exact) mass is 351 g/mol. The predicted molar refractivity (Wildman–Crippen MR) is 96.2 cm³/mol. The molecule has 3 heterocycles. The van der Waals surface area contributed by atoms with Gasteiger partial charge in [-0.05, 0) is 23.8 Å². The van der Waals surface area contributed by atoms with E-state index < -0.39 is 0 Å². The van der Waals surface area contributed by atoms with Crippen molar-refractivity contribution in [3.63, 3.8) is 0 Å². The van der Waals surface area contributed by atoms with Crippen molar-refractivity contribution in [3.8, 4) is 22.8 Å². The summed E-state index contributed by atoms with van der Waals surface area (Å²) in [7, 11) is 0. The summed E-state index contributed by atoms with van der Waals surface area (Å²) in [6, 6.07) is 11.9. The van der Waals surface area contributed by atoms with Crippen LogP contribution in [-0.2, 0) is 6.54 Å². The van der Waals surface area contributed by atoms with Crippen molar-refractivity contribution >= 4 is 22.5 Å². The molecule has 0 spiro atoms. The molecule has 5 nitrogen and oxygen atoms in total. The van der Waals surface area contributed by atoms with E-state index in [1.54, 1.807) is 6.20 Å². The van der Waals surface area contributed by atoms with Crippen LogP contribution < -0.4 is 9.47 Å². The molecule has 0 atom stereocenters. The van der Waals surface area contributed by atoms with E-state index in [0.29, 0.717) is 6.54 Å². The average molecular weight is 352 g/mol. The summed E-state index contributed by atoms with van der Waals surface area (Å²) >= 11 is 6.05. The van der Waals surface area contributed by atoms with Crippen molar-refractivity contribution in [2.75, 3.05) is 6.79 Å². The highest BCUT2D eigenvalue weighted by Gasteiger charge is 2.20. The van der Waals surface area contributed by atoms with Crippen LogP contribution in [0.2, 0.25) is 5.02 Å². The van der Waals surface area contributed by atoms with Gasteiger partial charge in [-0.1, -0.05) is 23.7 Å². The van der Waals surface area contributed by atoms with E-state index >= 15 is 0 Å². The van der Waals surface area contributed by atoms with Crippen LogP contribution in [0.15, 0.2) is 55.1 Å². The van der Waals surface area contributed by atoms with Crippen molar-refractivity contribution in [1.82, 2.24) is 14.5 Å². The number of hydrogen-bond donors (Lipinski definition) is 1. The number of aromatic amines is 1. The fraction of sp³-hybridized carbons (Fsp3) is 0.105. The summed E-state index contributed by atoms with van der Waals surface area (Å²) < 4.78 is 13.1. The molecule has 1 aliphatic heterocycles. The topological polar surface area (TPSA) is 52.1 Å². The largest absolute Gasteiger partial charge is 0.454 e. The minimum Gasteiger partial charge on any atom is -0.454 e. The van der Waals surface area contributed by atoms with Crippen LogP contribution in [0, 0.1) is 0 Å². The van der Waals surface area contributed by atoms with E-state index in [2.05, 4.69) is 9.97 Å². The van der Waals surface area contributed by atoms with Crippen LogP contribution in [0.1, 0.15) is 5.56 Å². The van der Waals surface area contributed by atoms with E-state index in [1.807, 2.05) is 53.5 Å². The molecule has 0 fully saturated rings. The molecule has 124 valence electrons. The lowest BCUT2D eigenvalue weighted by molar-refractivity contribution is 0.174. The molecule has 0 bridgehead atoms. The zero-order valence-electron chi connectivity index (χ0n) is 13.2. The van der Waals surface area contributed by atoms with Crippen molar-refractivity contribution < 1.29 is 9.47 Å². The molecule has 4 aromatic rings. The van der Waals surface area contributed by atoms with Crippen molar-refractivity contribution in [2.24, 2.45) is 0 Å². The Bertz CT molecular complexity index is 1050. The molecule has 2 aromatic carbocycles. The molecular formula is C19H14ClN3O2. The summed E-state index contributed by atoms with van der Waals surface area (Å²) in [5.74, 6) is 1.55. The molecule has 5 rings (SSSR count). The van der Waals surface area contributed by atoms with Gasteiger partial charge in [0.15, 0.2) is 11.5 Å². The summed E-state index contributed by atoms with van der Waals surface area (Å²) in [4.78, 5) is 7.67. The van der Waals surface area contributed by atoms with Crippen LogP contribution in [0.3, 0.4) is 0 Å². The van der Waals surface area contributed by atoms with Crippen molar-refractivity contribution in [2.45, 2.75) is 6.54 Å². The Labute approximate surface area is 148 Å². The zero-order valence-corrected chi connectivity index (χ0v) is 14.0. The van der Waals surface area contributed by atoms with Crippen molar-refractivity contribution in [3.05, 3.63) is 65.7 Å². The fourth-order valence-electron chi connectivity index (χ4n) is 3.23. The number of nitrogens with zero attached hydrogens (tertiary/aromatic N) is 2. The van der Waals surface area contributed by atoms with Gasteiger partial charge in [-0.15, -0.1) is 0 Å². The Hall–Kier alpha value is -2.92. The van der Waals surface area contributed by atoms with Crippen LogP contribution in [0.4, 0.5) is 0 Å². The quantitative estimate of drug-likeness (QED) is 0.592. The highest BCUT2D eigenvalue weighted by molar-refractivity contribution is 6.30. The summed E-state index contributed by atoms with van der Waals surface area (Å²) in [6.07, 6.45) is 5.56. The zero-order chi connectivity index (χ0) is 16.8. The maximum Gasteiger partial charge on any atom is 0.231 e. The molecule has 0 unspecified atom stereocenters. The molecule has 0 amide bonds. The normalized spacial score (nSPS) is 12.8. The van der Waals surface area contributed by atoms with E-state index in [9.17, 15) is 0 Å². The predicted octanol–water partition coefficient (Wildman–Crippen LogP) is 4.46. The van der Waals surface area contributed by atoms with Gasteiger partial charge in [-0.25, -0.2) is 4.98 Å². The maximum atomic E-state index is 6.05. The first-order chi connectivity index (χ1) is 12.3. The number of nitrogens with one attached hydrogen (secondary N) is 1. The number of ether oxygens (including phenoxy) is 2. The van der Waals surface area contributed by atoms with Gasteiger partial charge in [0, 0.05) is 34.4 Å². The summed E-state index contributed by atoms with van der Waals surface area (Å²) in [5, 5.41) is 1.83. The molecule has 1 aliphatic rings. The first kappa shape index (κ1) is 14.4. The molecule has 25 heavy (non-hydrogen) atoms. The molecule has 0 radical (unpaired) electrons. The van der Waals surface area contributed by atoms with Gasteiger partial charge in [-0.2, -0.15) is 0 Å². The molecule has 1 N–H and O–H groups in total. The Morgan fingerprint density at radius 1 is 1.12 bits per heavy atom. The number of H-pyrrole nitrogens is 1. The number of fused-ring (bicyclic) bond motifs is 2. The van der Waals surface area contributed by atoms with Crippen molar-refractivity contribution in [1.29, 1.82) is 0 Å². The van der Waals surface area contributed by atoms with Gasteiger partial charge in [0.1, 0.15) is 0 Å². The number of halogens is 1. The lowest BCUT2D eigenvalue weighted by Crippen LogP contribution is -1.97. The Morgan fingerprint density at radius 3 is 2.68 bits per heavy atom. The molecular weight excluding hydrogens is 338 g/mol. The lowest BCUT2D eigenvalue weighted by Gasteiger charge is -2.07. The molecule has 0 saturated heterocycles. The number of benzene rings is 2. The third-order valence-corrected chi connectivity index (χ3v) is 4.68. The Kier molecular flexibility index (Phi) is 3.21. The first-order valence-electron chi connectivity index (χ1n) is 7.94. The number of hydrogen-bond acceptors (Lipinski definition) is 3. The smallest absolute Gasteiger partial charge is 0.231 e. The minimum atomic E-state index is 0.267. The Balaban J connectivity index is 1.73. The second-order valence-electron chi connectivity index (χ2n) is 5.97. The number of aromatic nitrogens is 3. The van der Waals surface area contributed by atoms with Gasteiger partial charge in [-0.3, -0.25) is 0 Å². The van der Waals surface area contributed by atoms with E-state index in [-0.39, 0.29) is 6.79 Å². The lowest BCUT2D eigenvalue weighted by atomic mass is 10.0. The number of rotatable bonds is 3. The molecule has 0 saturated carbocycles. The maximum absolute atomic E-state index is 6.05. The molecule has 2 aromatic heterocycles. The van der Waals surface area contributed by atoms with E-state index in [1.165, 1.54) is 5.56 Å². The minimum absolute atomic E-state index is 0.267. The second kappa shape index (κ2) is 5.57. The third-order valence-electron chi connectivity index (χ3n) is 4.43. The first-order valence-corrected chi connectivity index (χ1v) is 8.31. The molecule has 6 heteroatoms.